The Labute approximate surface area is 853 Å². The van der Waals surface area contributed by atoms with E-state index in [1.165, 1.54) is 205 Å². The van der Waals surface area contributed by atoms with Crippen LogP contribution >= 0.6 is 38.0 Å². The average Bonchev–Trinajstić information content (AvgIpc) is 1.58. The molecule has 0 N–H and O–H groups in total. The van der Waals surface area contributed by atoms with E-state index in [1.54, 1.807) is 11.1 Å². The molecule has 11 heteroatoms. The van der Waals surface area contributed by atoms with Crippen molar-refractivity contribution in [2.45, 2.75) is 388 Å². The van der Waals surface area contributed by atoms with Crippen LogP contribution in [-0.2, 0) is 75.6 Å². The number of halogens is 4. The Hall–Kier alpha value is 1.21. The molecule has 20 atom stereocenters. The van der Waals surface area contributed by atoms with Crippen molar-refractivity contribution in [3.05, 3.63) is 195 Å². The van der Waals surface area contributed by atoms with E-state index < -0.39 is 32.2 Å². The standard InChI is InChI=1S/C39H56.2C24H38N.C20H32N.9CH3.4ClH.3Ti.Zn/c1-22-15-30-24-11-7-9-13-26(24)32-18-38(3,4)20-34(32)36(30)28(22)17-29-23(2)16-31-25-12-8-10-14-27(25)33-19-39(5,6)21-35(33)37(29)31;2*1-15-11-18-16-9-7-8-10-17(16)19-12-24(5,6)13-20(19)22(18)21(15)14-25-23(2,3)4;1-13-9-16-15(18(13)12-21-19(2,3)4)8-7-14-10-20(5,6)11-17(14)16;;;;;;;;;;;;;;;;;/h22-23,28-31,36-37H,7-21H2,1-6H3;2*15,18,21-22H,7-14H2,1-6H3;7-8,13,15-16,18H,9-12H2,1-6H3;9*1H3;4*1H;;;;/q;12*-1;;;;;+2;2*+4;+2/p-4. The third-order valence-corrected chi connectivity index (χ3v) is 34.7. The summed E-state index contributed by atoms with van der Waals surface area (Å²) < 4.78 is 0. The molecule has 0 aliphatic heterocycles. The molecule has 20 unspecified atom stereocenters. The van der Waals surface area contributed by atoms with Gasteiger partial charge in [0, 0.05) is 0 Å². The summed E-state index contributed by atoms with van der Waals surface area (Å²) in [4.78, 5) is 0. The second-order valence-electron chi connectivity index (χ2n) is 49.9. The molecular weight excluding hydrogens is 1790 g/mol. The largest absolute Gasteiger partial charge is 4.00 e. The molecule has 19 rings (SSSR count). The maximum Gasteiger partial charge on any atom is 4.00 e. The Morgan fingerprint density at radius 1 is 0.315 bits per heavy atom. The number of hydrogen-bond donors (Lipinski definition) is 0. The van der Waals surface area contributed by atoms with Gasteiger partial charge in [-0.25, -0.2) is 0 Å². The van der Waals surface area contributed by atoms with Crippen LogP contribution in [0.25, 0.3) is 16.0 Å². The third-order valence-electron chi connectivity index (χ3n) is 34.7. The first-order chi connectivity index (χ1) is 54.4. The van der Waals surface area contributed by atoms with Gasteiger partial charge >= 0.3 is 114 Å². The number of fused-ring (bicyclic) bond motifs is 18. The zero-order valence-corrected chi connectivity index (χ0v) is 99.2. The van der Waals surface area contributed by atoms with Gasteiger partial charge in [0.2, 0.25) is 0 Å². The van der Waals surface area contributed by atoms with E-state index in [0.717, 1.165) is 138 Å². The summed E-state index contributed by atoms with van der Waals surface area (Å²) in [6.45, 7) is 61.4. The second kappa shape index (κ2) is 48.1. The Morgan fingerprint density at radius 3 is 0.811 bits per heavy atom. The van der Waals surface area contributed by atoms with Crippen molar-refractivity contribution in [3.8, 4) is 0 Å². The minimum atomic E-state index is -0.931. The van der Waals surface area contributed by atoms with Crippen LogP contribution in [0, 0.1) is 212 Å². The van der Waals surface area contributed by atoms with Gasteiger partial charge in [0.15, 0.2) is 0 Å². The Morgan fingerprint density at radius 2 is 0.535 bits per heavy atom. The van der Waals surface area contributed by atoms with Crippen molar-refractivity contribution < 1.29 is 75.6 Å². The van der Waals surface area contributed by atoms with Gasteiger partial charge in [-0.05, 0) is 383 Å². The fourth-order valence-electron chi connectivity index (χ4n) is 30.5. The number of nitrogens with zero attached hydrogens (tertiary/aromatic N) is 3. The second-order valence-corrected chi connectivity index (χ2v) is 57.1. The van der Waals surface area contributed by atoms with Crippen molar-refractivity contribution in [2.75, 3.05) is 19.6 Å². The summed E-state index contributed by atoms with van der Waals surface area (Å²) in [5, 5.41) is 15.1. The fraction of sp³-hybridized carbons (Fsp3) is 0.750. The predicted molar refractivity (Wildman–Crippen MR) is 552 cm³/mol. The van der Waals surface area contributed by atoms with Gasteiger partial charge in [0.05, 0.1) is 0 Å². The van der Waals surface area contributed by atoms with Gasteiger partial charge in [0.1, 0.15) is 0 Å². The molecule has 0 bridgehead atoms. The zero-order valence-electron chi connectivity index (χ0n) is 88.5. The number of hydrogen-bond acceptors (Lipinski definition) is 0. The van der Waals surface area contributed by atoms with Crippen molar-refractivity contribution >= 4 is 38.0 Å². The molecule has 0 spiro atoms. The van der Waals surface area contributed by atoms with Gasteiger partial charge < -0.3 is 82.8 Å². The van der Waals surface area contributed by atoms with Crippen molar-refractivity contribution in [3.63, 3.8) is 0 Å². The molecule has 5 fully saturated rings. The maximum absolute atomic E-state index is 5.10. The first-order valence-electron chi connectivity index (χ1n) is 48.7. The van der Waals surface area contributed by atoms with Crippen LogP contribution in [0.2, 0.25) is 0 Å². The molecule has 0 heterocycles. The monoisotopic (exact) mass is 1970 g/mol. The van der Waals surface area contributed by atoms with Gasteiger partial charge in [0.25, 0.3) is 0 Å². The maximum atomic E-state index is 5.10. The van der Waals surface area contributed by atoms with E-state index in [-0.39, 0.29) is 127 Å². The SMILES string of the molecule is CC1CC2C3=C(C=CC2C1C[N-]C(C)(C)C)CC(C)(C)C3.CC1CC2C3=C(CCCC3)C3=C(CC(C)(C)C3)C2C1CC1C(C)CC2C3=C(CCCC3)C3=C(CC(C)(C)C3)C21.CC1CC2C3=C(CCCC3)C3=C(CC(C)(C)C3)C2C1C[N-]C(C)(C)C.CC1CC2C3=C(CCCC3)C3=C(CC(C)(C)C3)C2C1C[N-]C(C)(C)C.[CH3-].[CH3-].[CH3-].[CH3-].[CH3-].[CH3-].[CH3-].[CH3-].[CH3-].[Cl][Ti][Cl].[Cl][Zn][Cl].[Ti+4].[Ti+4]. The van der Waals surface area contributed by atoms with Crippen LogP contribution in [0.1, 0.15) is 372 Å². The summed E-state index contributed by atoms with van der Waals surface area (Å²) in [5.74, 6) is 16.9. The Bertz CT molecular complexity index is 3760. The first kappa shape index (κ1) is 122. The molecule has 3 nitrogen and oxygen atoms in total. The molecule has 716 valence electrons. The summed E-state index contributed by atoms with van der Waals surface area (Å²) >= 11 is -1.49. The van der Waals surface area contributed by atoms with Crippen LogP contribution in [-0.4, -0.2) is 36.3 Å². The summed E-state index contributed by atoms with van der Waals surface area (Å²) in [6, 6.07) is 0. The molecule has 5 saturated carbocycles. The summed E-state index contributed by atoms with van der Waals surface area (Å²) in [6.07, 6.45) is 50.0. The van der Waals surface area contributed by atoms with E-state index in [4.69, 9.17) is 53.9 Å². The third kappa shape index (κ3) is 26.5. The molecule has 0 aromatic carbocycles. The smallest absolute Gasteiger partial charge is 4.00 e. The molecule has 0 saturated heterocycles. The molecule has 127 heavy (non-hydrogen) atoms. The van der Waals surface area contributed by atoms with Gasteiger partial charge in [-0.3, -0.25) is 0 Å². The Kier molecular flexibility index (Phi) is 46.4. The molecule has 19 aliphatic rings. The van der Waals surface area contributed by atoms with E-state index in [0.29, 0.717) is 27.1 Å². The minimum Gasteiger partial charge on any atom is 4.00 e. The first-order valence-corrected chi connectivity index (χ1v) is 60.8. The zero-order chi connectivity index (χ0) is 83.6. The van der Waals surface area contributed by atoms with Crippen LogP contribution in [0.3, 0.4) is 0 Å². The molecule has 0 amide bonds. The average molecular weight is 1980 g/mol. The van der Waals surface area contributed by atoms with Gasteiger partial charge in [-0.15, -0.1) is 36.3 Å². The molecule has 19 aliphatic carbocycles. The molecule has 0 radical (unpaired) electrons. The summed E-state index contributed by atoms with van der Waals surface area (Å²) in [7, 11) is 19.7. The molecule has 0 aromatic rings. The topological polar surface area (TPSA) is 42.3 Å². The fourth-order valence-corrected chi connectivity index (χ4v) is 30.5. The quantitative estimate of drug-likeness (QED) is 0.172. The van der Waals surface area contributed by atoms with E-state index in [1.807, 2.05) is 89.2 Å². The minimum absolute atomic E-state index is 0. The normalized spacial score (nSPS) is 34.6. The number of allylic oxidation sites excluding steroid dienone is 20. The van der Waals surface area contributed by atoms with E-state index in [9.17, 15) is 0 Å². The number of rotatable bonds is 8. The van der Waals surface area contributed by atoms with Crippen molar-refractivity contribution in [1.82, 2.24) is 0 Å². The Balaban J connectivity index is 0.000000426. The van der Waals surface area contributed by atoms with Crippen molar-refractivity contribution in [1.29, 1.82) is 0 Å². The van der Waals surface area contributed by atoms with Crippen molar-refractivity contribution in [2.24, 2.45) is 145 Å². The van der Waals surface area contributed by atoms with E-state index in [2.05, 4.69) is 178 Å². The van der Waals surface area contributed by atoms with Crippen LogP contribution in [0.15, 0.2) is 112 Å². The van der Waals surface area contributed by atoms with Gasteiger partial charge in [-0.1, -0.05) is 246 Å². The molecule has 0 aromatic heterocycles. The van der Waals surface area contributed by atoms with Crippen LogP contribution in [0.4, 0.5) is 0 Å². The van der Waals surface area contributed by atoms with Crippen LogP contribution < -0.4 is 0 Å². The van der Waals surface area contributed by atoms with E-state index >= 15 is 0 Å². The molecular formula is C116H191Cl4N3Ti3Zn-4. The van der Waals surface area contributed by atoms with Gasteiger partial charge in [-0.2, -0.15) is 0 Å². The van der Waals surface area contributed by atoms with Crippen LogP contribution in [0.5, 0.6) is 0 Å². The summed E-state index contributed by atoms with van der Waals surface area (Å²) in [5.41, 5.74) is 36.7. The predicted octanol–water partition coefficient (Wildman–Crippen LogP) is 37.8.